The molecule has 0 radical (unpaired) electrons. The van der Waals surface area contributed by atoms with Crippen molar-refractivity contribution >= 4 is 131 Å². The fourth-order valence-electron chi connectivity index (χ4n) is 14.1. The minimum absolute atomic E-state index is 0. The quantitative estimate of drug-likeness (QED) is 0.149. The normalized spacial score (nSPS) is 8.83. The molecule has 694 valence electrons. The average molecular weight is 1720 g/mol. The molecule has 0 amide bonds. The van der Waals surface area contributed by atoms with Gasteiger partial charge in [0.2, 0.25) is 0 Å². The predicted molar refractivity (Wildman–Crippen MR) is 573 cm³/mol. The van der Waals surface area contributed by atoms with Crippen molar-refractivity contribution < 1.29 is 23.5 Å². The molecule has 0 saturated carbocycles. The average Bonchev–Trinajstić information content (AvgIpc) is 1.67. The van der Waals surface area contributed by atoms with Crippen molar-refractivity contribution in [2.75, 3.05) is 0 Å². The molecule has 0 unspecified atom stereocenters. The topological polar surface area (TPSA) is 29.6 Å². The lowest BCUT2D eigenvalue weighted by atomic mass is 10.2. The molecule has 18 aromatic rings. The van der Waals surface area contributed by atoms with Crippen molar-refractivity contribution in [1.82, 2.24) is 27.4 Å². The first-order valence-electron chi connectivity index (χ1n) is 47.3. The van der Waals surface area contributed by atoms with Crippen LogP contribution in [0.4, 0.5) is 23.5 Å². The number of halogens is 5. The molecule has 0 saturated heterocycles. The van der Waals surface area contributed by atoms with Crippen LogP contribution in [0.25, 0.3) is 131 Å². The third-order valence-corrected chi connectivity index (χ3v) is 18.0. The number of fused-ring (bicyclic) bond motifs is 18. The van der Waals surface area contributed by atoms with Crippen LogP contribution in [0.15, 0.2) is 291 Å². The van der Waals surface area contributed by atoms with Gasteiger partial charge in [0.05, 0.1) is 0 Å². The van der Waals surface area contributed by atoms with Gasteiger partial charge in [0.15, 0.2) is 0 Å². The molecular formula is C114H173F5N6. The van der Waals surface area contributed by atoms with Crippen molar-refractivity contribution in [2.24, 2.45) is 0 Å². The van der Waals surface area contributed by atoms with Gasteiger partial charge >= 0.3 is 0 Å². The largest absolute Gasteiger partial charge is 0.341 e. The van der Waals surface area contributed by atoms with E-state index < -0.39 is 0 Å². The third-order valence-electron chi connectivity index (χ3n) is 18.0. The van der Waals surface area contributed by atoms with E-state index in [4.69, 9.17) is 0 Å². The van der Waals surface area contributed by atoms with E-state index in [1.807, 2.05) is 208 Å². The maximum atomic E-state index is 2.37. The Hall–Kier alpha value is -10.9. The second-order valence-corrected chi connectivity index (χ2v) is 22.7. The van der Waals surface area contributed by atoms with Crippen molar-refractivity contribution in [3.63, 3.8) is 0 Å². The van der Waals surface area contributed by atoms with Gasteiger partial charge in [-0.15, -0.1) is 0 Å². The molecule has 0 fully saturated rings. The van der Waals surface area contributed by atoms with Crippen LogP contribution in [0.3, 0.4) is 0 Å². The number of hydrogen-bond acceptors (Lipinski definition) is 0. The number of benzene rings is 12. The molecule has 6 aromatic heterocycles. The summed E-state index contributed by atoms with van der Waals surface area (Å²) in [5.41, 5.74) is 16.0. The lowest BCUT2D eigenvalue weighted by Gasteiger charge is -2.01. The molecule has 0 aliphatic rings. The van der Waals surface area contributed by atoms with Crippen LogP contribution in [0.1, 0.15) is 249 Å². The van der Waals surface area contributed by atoms with Gasteiger partial charge in [-0.25, -0.2) is 0 Å². The minimum atomic E-state index is 0. The van der Waals surface area contributed by atoms with E-state index in [2.05, 4.69) is 360 Å². The van der Waals surface area contributed by atoms with Crippen LogP contribution in [0.2, 0.25) is 0 Å². The summed E-state index contributed by atoms with van der Waals surface area (Å²) < 4.78 is 14.2. The van der Waals surface area contributed by atoms with Crippen LogP contribution < -0.4 is 0 Å². The Kier molecular flexibility index (Phi) is 83.2. The summed E-state index contributed by atoms with van der Waals surface area (Å²) in [7, 11) is 0. The van der Waals surface area contributed by atoms with Gasteiger partial charge in [-0.05, 0) is 114 Å². The van der Waals surface area contributed by atoms with Crippen LogP contribution in [0, 0.1) is 0 Å². The van der Waals surface area contributed by atoms with E-state index in [1.54, 1.807) is 0 Å². The highest BCUT2D eigenvalue weighted by Gasteiger charge is 2.13. The van der Waals surface area contributed by atoms with Gasteiger partial charge < -0.3 is 27.4 Å². The highest BCUT2D eigenvalue weighted by atomic mass is 19.0. The lowest BCUT2D eigenvalue weighted by Crippen LogP contribution is -1.91. The Balaban J connectivity index is -0.000000205. The summed E-state index contributed by atoms with van der Waals surface area (Å²) in [6, 6.07) is 103. The van der Waals surface area contributed by atoms with Gasteiger partial charge in [0.1, 0.15) is 0 Å². The molecule has 6 heterocycles. The first-order valence-corrected chi connectivity index (χ1v) is 47.3. The molecule has 0 spiro atoms. The standard InChI is InChI=1S/6C14H13N.15C2H6.5FH/c6*1-2-15-13-9-5-3-7-11(13)12-8-4-6-10-14(12)15;15*1-2;;;;;/h6*3-10H,2H2,1H3;15*1-2H3;5*1H. The van der Waals surface area contributed by atoms with Crippen LogP contribution in [-0.4, -0.2) is 27.4 Å². The smallest absolute Gasteiger partial charge is 0.0491 e. The number of hydrogen-bond donors (Lipinski definition) is 0. The van der Waals surface area contributed by atoms with Crippen molar-refractivity contribution in [2.45, 2.75) is 289 Å². The zero-order valence-corrected chi connectivity index (χ0v) is 84.7. The summed E-state index contributed by atoms with van der Waals surface area (Å²) >= 11 is 0. The highest BCUT2D eigenvalue weighted by Crippen LogP contribution is 2.34. The molecular weight excluding hydrogens is 1550 g/mol. The SMILES string of the molecule is CC.CC.CC.CC.CC.CC.CC.CC.CC.CC.CC.CC.CC.CC.CC.CCn1c2ccccc2c2ccccc21.CCn1c2ccccc2c2ccccc21.CCn1c2ccccc2c2ccccc21.CCn1c2ccccc2c2ccccc21.CCn1c2ccccc2c2ccccc21.CCn1c2ccccc2c2ccccc21.F.F.F.F.F. The lowest BCUT2D eigenvalue weighted by molar-refractivity contribution is 0.827. The zero-order chi connectivity index (χ0) is 91.5. The summed E-state index contributed by atoms with van der Waals surface area (Å²) in [6.07, 6.45) is 0. The van der Waals surface area contributed by atoms with E-state index in [0.717, 1.165) is 39.3 Å². The Morgan fingerprint density at radius 1 is 0.112 bits per heavy atom. The predicted octanol–water partition coefficient (Wildman–Crippen LogP) is 39.0. The summed E-state index contributed by atoms with van der Waals surface area (Å²) in [6.45, 7) is 79.3. The Morgan fingerprint density at radius 3 is 0.224 bits per heavy atom. The molecule has 125 heavy (non-hydrogen) atoms. The number of rotatable bonds is 6. The van der Waals surface area contributed by atoms with Gasteiger partial charge in [0.25, 0.3) is 0 Å². The number of nitrogens with zero attached hydrogens (tertiary/aromatic N) is 6. The Bertz CT molecular complexity index is 4310. The Labute approximate surface area is 756 Å². The van der Waals surface area contributed by atoms with Crippen molar-refractivity contribution in [3.05, 3.63) is 291 Å². The van der Waals surface area contributed by atoms with E-state index in [-0.39, 0.29) is 23.5 Å². The molecule has 0 aliphatic carbocycles. The van der Waals surface area contributed by atoms with E-state index in [1.165, 1.54) is 131 Å². The maximum absolute atomic E-state index is 2.37. The number of para-hydroxylation sites is 12. The van der Waals surface area contributed by atoms with Gasteiger partial charge in [-0.2, -0.15) is 0 Å². The van der Waals surface area contributed by atoms with E-state index in [0.29, 0.717) is 0 Å². The monoisotopic (exact) mass is 1720 g/mol. The van der Waals surface area contributed by atoms with Gasteiger partial charge in [0, 0.05) is 170 Å². The van der Waals surface area contributed by atoms with E-state index in [9.17, 15) is 0 Å². The van der Waals surface area contributed by atoms with Crippen LogP contribution >= 0.6 is 0 Å². The number of aryl methyl sites for hydroxylation is 6. The molecule has 11 heteroatoms. The fourth-order valence-corrected chi connectivity index (χ4v) is 14.1. The van der Waals surface area contributed by atoms with Crippen molar-refractivity contribution in [1.29, 1.82) is 0 Å². The van der Waals surface area contributed by atoms with Crippen LogP contribution in [0.5, 0.6) is 0 Å². The van der Waals surface area contributed by atoms with Crippen molar-refractivity contribution in [3.8, 4) is 0 Å². The highest BCUT2D eigenvalue weighted by molar-refractivity contribution is 6.12. The summed E-state index contributed by atoms with van der Waals surface area (Å²) in [5, 5.41) is 16.3. The van der Waals surface area contributed by atoms with Crippen LogP contribution in [-0.2, 0) is 39.3 Å². The number of aromatic nitrogens is 6. The first-order chi connectivity index (χ1) is 59.5. The Morgan fingerprint density at radius 2 is 0.168 bits per heavy atom. The zero-order valence-electron chi connectivity index (χ0n) is 84.7. The molecule has 18 rings (SSSR count). The fraction of sp³-hybridized carbons (Fsp3) is 0.368. The van der Waals surface area contributed by atoms with Gasteiger partial charge in [-0.1, -0.05) is 426 Å². The van der Waals surface area contributed by atoms with E-state index >= 15 is 0 Å². The molecule has 0 aliphatic heterocycles. The molecule has 0 atom stereocenters. The molecule has 12 aromatic carbocycles. The molecule has 0 N–H and O–H groups in total. The molecule has 0 bridgehead atoms. The summed E-state index contributed by atoms with van der Waals surface area (Å²) in [5.74, 6) is 0. The minimum Gasteiger partial charge on any atom is -0.341 e. The second-order valence-electron chi connectivity index (χ2n) is 22.7. The molecule has 6 nitrogen and oxygen atoms in total. The first kappa shape index (κ1) is 130. The summed E-state index contributed by atoms with van der Waals surface area (Å²) in [4.78, 5) is 0. The third kappa shape index (κ3) is 33.2. The van der Waals surface area contributed by atoms with Gasteiger partial charge in [-0.3, -0.25) is 23.5 Å². The second kappa shape index (κ2) is 80.2. The maximum Gasteiger partial charge on any atom is 0.0491 e.